The van der Waals surface area contributed by atoms with E-state index in [9.17, 15) is 9.59 Å². The SMILES string of the molecule is Cc1ccc(N2C(=O)/C(=C/c3cccn3-c3cccc(Br)c3)C(=O)NC2=S)cc1C. The summed E-state index contributed by atoms with van der Waals surface area (Å²) in [5.41, 5.74) is 4.42. The summed E-state index contributed by atoms with van der Waals surface area (Å²) in [6.07, 6.45) is 3.47. The van der Waals surface area contributed by atoms with E-state index in [-0.39, 0.29) is 10.7 Å². The number of benzene rings is 2. The highest BCUT2D eigenvalue weighted by Crippen LogP contribution is 2.25. The Bertz CT molecular complexity index is 1230. The second kappa shape index (κ2) is 8.01. The number of anilines is 1. The molecule has 1 aliphatic rings. The Morgan fingerprint density at radius 3 is 2.50 bits per heavy atom. The summed E-state index contributed by atoms with van der Waals surface area (Å²) in [7, 11) is 0. The molecule has 0 bridgehead atoms. The van der Waals surface area contributed by atoms with Gasteiger partial charge in [-0.2, -0.15) is 0 Å². The monoisotopic (exact) mass is 479 g/mol. The molecule has 0 radical (unpaired) electrons. The van der Waals surface area contributed by atoms with Crippen LogP contribution in [-0.2, 0) is 9.59 Å². The molecule has 1 saturated heterocycles. The first-order valence-corrected chi connectivity index (χ1v) is 10.5. The number of amides is 2. The topological polar surface area (TPSA) is 54.3 Å². The molecule has 0 spiro atoms. The summed E-state index contributed by atoms with van der Waals surface area (Å²) in [5, 5.41) is 2.71. The van der Waals surface area contributed by atoms with E-state index in [0.29, 0.717) is 11.4 Å². The summed E-state index contributed by atoms with van der Waals surface area (Å²) in [6, 6.07) is 17.1. The van der Waals surface area contributed by atoms with Crippen LogP contribution >= 0.6 is 28.1 Å². The molecule has 1 aromatic heterocycles. The van der Waals surface area contributed by atoms with Crippen LogP contribution in [0, 0.1) is 13.8 Å². The molecule has 30 heavy (non-hydrogen) atoms. The van der Waals surface area contributed by atoms with Crippen LogP contribution in [0.2, 0.25) is 0 Å². The third-order valence-electron chi connectivity index (χ3n) is 5.01. The summed E-state index contributed by atoms with van der Waals surface area (Å²) >= 11 is 8.77. The van der Waals surface area contributed by atoms with Crippen molar-refractivity contribution in [2.24, 2.45) is 0 Å². The van der Waals surface area contributed by atoms with Gasteiger partial charge < -0.3 is 4.57 Å². The summed E-state index contributed by atoms with van der Waals surface area (Å²) in [4.78, 5) is 27.2. The third kappa shape index (κ3) is 3.74. The fourth-order valence-electron chi connectivity index (χ4n) is 3.28. The molecule has 1 N–H and O–H groups in total. The minimum atomic E-state index is -0.507. The van der Waals surface area contributed by atoms with Crippen LogP contribution in [0.15, 0.2) is 70.8 Å². The second-order valence-corrected chi connectivity index (χ2v) is 8.31. The Kier molecular flexibility index (Phi) is 5.40. The molecule has 0 saturated carbocycles. The lowest BCUT2D eigenvalue weighted by Crippen LogP contribution is -2.54. The molecule has 2 amide bonds. The Morgan fingerprint density at radius 2 is 1.77 bits per heavy atom. The number of thiocarbonyl (C=S) groups is 1. The average Bonchev–Trinajstić information content (AvgIpc) is 3.16. The van der Waals surface area contributed by atoms with Crippen LogP contribution in [0.4, 0.5) is 5.69 Å². The van der Waals surface area contributed by atoms with E-state index in [4.69, 9.17) is 12.2 Å². The van der Waals surface area contributed by atoms with Crippen LogP contribution in [0.25, 0.3) is 11.8 Å². The maximum Gasteiger partial charge on any atom is 0.270 e. The largest absolute Gasteiger partial charge is 0.317 e. The Labute approximate surface area is 188 Å². The first-order chi connectivity index (χ1) is 14.3. The van der Waals surface area contributed by atoms with Crippen molar-refractivity contribution in [2.75, 3.05) is 4.90 Å². The maximum absolute atomic E-state index is 13.3. The molecule has 0 aliphatic carbocycles. The van der Waals surface area contributed by atoms with Crippen molar-refractivity contribution >= 4 is 56.8 Å². The van der Waals surface area contributed by atoms with Gasteiger partial charge in [0.1, 0.15) is 5.57 Å². The highest BCUT2D eigenvalue weighted by molar-refractivity contribution is 9.10. The number of halogens is 1. The molecular weight excluding hydrogens is 462 g/mol. The zero-order chi connectivity index (χ0) is 21.4. The molecular formula is C23H18BrN3O2S. The lowest BCUT2D eigenvalue weighted by Gasteiger charge is -2.29. The highest BCUT2D eigenvalue weighted by Gasteiger charge is 2.34. The van der Waals surface area contributed by atoms with Crippen molar-refractivity contribution in [1.82, 2.24) is 9.88 Å². The van der Waals surface area contributed by atoms with Crippen LogP contribution in [0.5, 0.6) is 0 Å². The number of nitrogens with zero attached hydrogens (tertiary/aromatic N) is 2. The van der Waals surface area contributed by atoms with E-state index in [1.807, 2.05) is 79.2 Å². The second-order valence-electron chi connectivity index (χ2n) is 7.01. The van der Waals surface area contributed by atoms with Crippen molar-refractivity contribution in [1.29, 1.82) is 0 Å². The number of carbonyl (C=O) groups excluding carboxylic acids is 2. The predicted molar refractivity (Wildman–Crippen MR) is 126 cm³/mol. The summed E-state index contributed by atoms with van der Waals surface area (Å²) in [5.74, 6) is -0.957. The number of carbonyl (C=O) groups is 2. The van der Waals surface area contributed by atoms with Crippen LogP contribution in [0.3, 0.4) is 0 Å². The highest BCUT2D eigenvalue weighted by atomic mass is 79.9. The fraction of sp³-hybridized carbons (Fsp3) is 0.0870. The van der Waals surface area contributed by atoms with Gasteiger partial charge in [-0.3, -0.25) is 19.8 Å². The lowest BCUT2D eigenvalue weighted by molar-refractivity contribution is -0.122. The molecule has 5 nitrogen and oxygen atoms in total. The smallest absolute Gasteiger partial charge is 0.270 e. The van der Waals surface area contributed by atoms with Gasteiger partial charge in [0.15, 0.2) is 5.11 Å². The van der Waals surface area contributed by atoms with E-state index in [2.05, 4.69) is 21.2 Å². The van der Waals surface area contributed by atoms with E-state index >= 15 is 0 Å². The molecule has 0 atom stereocenters. The molecule has 150 valence electrons. The van der Waals surface area contributed by atoms with Gasteiger partial charge in [-0.25, -0.2) is 0 Å². The number of nitrogens with one attached hydrogen (secondary N) is 1. The molecule has 1 aliphatic heterocycles. The van der Waals surface area contributed by atoms with Gasteiger partial charge in [0.2, 0.25) is 0 Å². The van der Waals surface area contributed by atoms with Crippen molar-refractivity contribution < 1.29 is 9.59 Å². The van der Waals surface area contributed by atoms with Crippen molar-refractivity contribution in [2.45, 2.75) is 13.8 Å². The van der Waals surface area contributed by atoms with Gasteiger partial charge in [0.05, 0.1) is 5.69 Å². The molecule has 1 fully saturated rings. The van der Waals surface area contributed by atoms with Gasteiger partial charge in [-0.1, -0.05) is 28.1 Å². The molecule has 2 heterocycles. The first kappa shape index (κ1) is 20.3. The van der Waals surface area contributed by atoms with Gasteiger partial charge in [0.25, 0.3) is 11.8 Å². The molecule has 0 unspecified atom stereocenters. The molecule has 7 heteroatoms. The van der Waals surface area contributed by atoms with Gasteiger partial charge in [-0.15, -0.1) is 0 Å². The van der Waals surface area contributed by atoms with Crippen LogP contribution < -0.4 is 10.2 Å². The quantitative estimate of drug-likeness (QED) is 0.336. The van der Waals surface area contributed by atoms with Crippen molar-refractivity contribution in [3.63, 3.8) is 0 Å². The molecule has 3 aromatic rings. The Hall–Kier alpha value is -3.03. The minimum Gasteiger partial charge on any atom is -0.317 e. The number of hydrogen-bond donors (Lipinski definition) is 1. The average molecular weight is 480 g/mol. The molecule has 4 rings (SSSR count). The normalized spacial score (nSPS) is 15.6. The maximum atomic E-state index is 13.3. The Morgan fingerprint density at radius 1 is 0.967 bits per heavy atom. The number of rotatable bonds is 3. The first-order valence-electron chi connectivity index (χ1n) is 9.27. The van der Waals surface area contributed by atoms with E-state index in [1.54, 1.807) is 6.08 Å². The van der Waals surface area contributed by atoms with E-state index in [0.717, 1.165) is 21.3 Å². The number of aryl methyl sites for hydroxylation is 2. The summed E-state index contributed by atoms with van der Waals surface area (Å²) in [6.45, 7) is 3.97. The lowest BCUT2D eigenvalue weighted by atomic mass is 10.1. The van der Waals surface area contributed by atoms with E-state index < -0.39 is 11.8 Å². The zero-order valence-corrected chi connectivity index (χ0v) is 18.8. The van der Waals surface area contributed by atoms with Crippen LogP contribution in [0.1, 0.15) is 16.8 Å². The zero-order valence-electron chi connectivity index (χ0n) is 16.3. The predicted octanol–water partition coefficient (Wildman–Crippen LogP) is 4.69. The number of hydrogen-bond acceptors (Lipinski definition) is 3. The fourth-order valence-corrected chi connectivity index (χ4v) is 3.95. The number of aromatic nitrogens is 1. The Balaban J connectivity index is 1.76. The third-order valence-corrected chi connectivity index (χ3v) is 5.79. The van der Waals surface area contributed by atoms with Gasteiger partial charge >= 0.3 is 0 Å². The van der Waals surface area contributed by atoms with Crippen molar-refractivity contribution in [3.8, 4) is 5.69 Å². The van der Waals surface area contributed by atoms with Crippen LogP contribution in [-0.4, -0.2) is 21.5 Å². The minimum absolute atomic E-state index is 0.0248. The van der Waals surface area contributed by atoms with Gasteiger partial charge in [-0.05, 0) is 85.7 Å². The molecule has 2 aromatic carbocycles. The standard InChI is InChI=1S/C23H18BrN3O2S/c1-14-8-9-19(11-15(14)2)27-22(29)20(21(28)25-23(27)30)13-18-7-4-10-26(18)17-6-3-5-16(24)12-17/h3-13H,1-2H3,(H,25,28,30)/b20-13+. The van der Waals surface area contributed by atoms with Crippen molar-refractivity contribution in [3.05, 3.63) is 87.7 Å². The van der Waals surface area contributed by atoms with Gasteiger partial charge in [0, 0.05) is 22.1 Å². The van der Waals surface area contributed by atoms with E-state index in [1.165, 1.54) is 4.90 Å². The summed E-state index contributed by atoms with van der Waals surface area (Å²) < 4.78 is 2.84.